The smallest absolute Gasteiger partial charge is 0.257 e. The molecule has 2 aromatic rings. The Morgan fingerprint density at radius 3 is 2.74 bits per heavy atom. The lowest BCUT2D eigenvalue weighted by Gasteiger charge is -1.98. The van der Waals surface area contributed by atoms with E-state index >= 15 is 0 Å². The molecule has 0 bridgehead atoms. The Kier molecular flexibility index (Phi) is 4.14. The fourth-order valence-electron chi connectivity index (χ4n) is 2.57. The maximum absolute atomic E-state index is 8.87. The largest absolute Gasteiger partial charge is 1.00 e. The van der Waals surface area contributed by atoms with Crippen molar-refractivity contribution in [2.45, 2.75) is 25.9 Å². The zero-order chi connectivity index (χ0) is 12.5. The molecular weight excluding hydrogens is 281 g/mol. The van der Waals surface area contributed by atoms with Crippen LogP contribution in [0.25, 0.3) is 11.3 Å². The third-order valence-electron chi connectivity index (χ3n) is 3.38. The number of halogens is 2. The average molecular weight is 294 g/mol. The van der Waals surface area contributed by atoms with E-state index in [0.29, 0.717) is 6.54 Å². The number of hydrogen-bond acceptors (Lipinski definition) is 1. The lowest BCUT2D eigenvalue weighted by Crippen LogP contribution is -3.00. The zero-order valence-electron chi connectivity index (χ0n) is 10.3. The average Bonchev–Trinajstić information content (AvgIpc) is 2.95. The van der Waals surface area contributed by atoms with Crippen LogP contribution in [-0.2, 0) is 19.5 Å². The topological polar surface area (TPSA) is 32.6 Å². The van der Waals surface area contributed by atoms with Gasteiger partial charge in [0.15, 0.2) is 12.2 Å². The van der Waals surface area contributed by atoms with Gasteiger partial charge >= 0.3 is 0 Å². The van der Waals surface area contributed by atoms with E-state index in [0.717, 1.165) is 30.0 Å². The van der Waals surface area contributed by atoms with Gasteiger partial charge in [0.1, 0.15) is 12.3 Å². The highest BCUT2D eigenvalue weighted by molar-refractivity contribution is 6.30. The van der Waals surface area contributed by atoms with Crippen LogP contribution in [0.1, 0.15) is 12.2 Å². The van der Waals surface area contributed by atoms with Crippen LogP contribution in [0.15, 0.2) is 30.5 Å². The summed E-state index contributed by atoms with van der Waals surface area (Å²) >= 11 is 5.92. The molecule has 0 saturated carbocycles. The van der Waals surface area contributed by atoms with Gasteiger partial charge in [0.2, 0.25) is 0 Å². The summed E-state index contributed by atoms with van der Waals surface area (Å²) in [5.74, 6) is 1.25. The molecule has 19 heavy (non-hydrogen) atoms. The van der Waals surface area contributed by atoms with Crippen molar-refractivity contribution in [1.29, 1.82) is 5.26 Å². The molecular formula is C14H13Cl2N3. The van der Waals surface area contributed by atoms with Gasteiger partial charge in [-0.05, 0) is 30.7 Å². The van der Waals surface area contributed by atoms with Crippen molar-refractivity contribution in [3.05, 3.63) is 41.3 Å². The first-order valence-electron chi connectivity index (χ1n) is 6.04. The summed E-state index contributed by atoms with van der Waals surface area (Å²) in [6.45, 7) is 1.45. The minimum Gasteiger partial charge on any atom is -1.00 e. The van der Waals surface area contributed by atoms with E-state index in [9.17, 15) is 0 Å². The molecule has 0 aliphatic carbocycles. The molecule has 1 aromatic heterocycles. The fraction of sp³-hybridized carbons (Fsp3) is 0.286. The molecule has 1 aliphatic rings. The molecule has 3 rings (SSSR count). The van der Waals surface area contributed by atoms with Gasteiger partial charge in [0.05, 0.1) is 13.0 Å². The summed E-state index contributed by atoms with van der Waals surface area (Å²) in [5.41, 5.74) is 2.33. The number of nitriles is 1. The van der Waals surface area contributed by atoms with Gasteiger partial charge in [0, 0.05) is 10.6 Å². The predicted molar refractivity (Wildman–Crippen MR) is 69.0 cm³/mol. The Hall–Kier alpha value is -1.50. The van der Waals surface area contributed by atoms with Crippen molar-refractivity contribution in [2.24, 2.45) is 0 Å². The van der Waals surface area contributed by atoms with Crippen LogP contribution < -0.4 is 17.0 Å². The number of rotatable bonds is 2. The normalized spacial score (nSPS) is 12.6. The third-order valence-corrected chi connectivity index (χ3v) is 3.63. The van der Waals surface area contributed by atoms with Crippen LogP contribution in [0.2, 0.25) is 5.02 Å². The summed E-state index contributed by atoms with van der Waals surface area (Å²) in [7, 11) is 0. The fourth-order valence-corrected chi connectivity index (χ4v) is 2.70. The van der Waals surface area contributed by atoms with Gasteiger partial charge < -0.3 is 12.4 Å². The molecule has 0 radical (unpaired) electrons. The second-order valence-electron chi connectivity index (χ2n) is 4.48. The first kappa shape index (κ1) is 13.9. The molecule has 5 heteroatoms. The van der Waals surface area contributed by atoms with Gasteiger partial charge in [0.25, 0.3) is 5.82 Å². The van der Waals surface area contributed by atoms with Crippen molar-refractivity contribution in [3.8, 4) is 17.3 Å². The highest BCUT2D eigenvalue weighted by Gasteiger charge is 2.28. The Balaban J connectivity index is 0.00000133. The molecule has 98 valence electrons. The Morgan fingerprint density at radius 1 is 1.32 bits per heavy atom. The van der Waals surface area contributed by atoms with Crippen LogP contribution in [-0.4, -0.2) is 4.57 Å². The van der Waals surface area contributed by atoms with E-state index in [1.807, 2.05) is 24.3 Å². The maximum Gasteiger partial charge on any atom is 0.257 e. The second kappa shape index (κ2) is 5.64. The van der Waals surface area contributed by atoms with E-state index in [1.54, 1.807) is 0 Å². The SMILES string of the molecule is N#CC[n+]1cc(-c2ccc(Cl)cc2)n2c1CCC2.[Cl-]. The second-order valence-corrected chi connectivity index (χ2v) is 4.92. The molecule has 0 atom stereocenters. The number of fused-ring (bicyclic) bond motifs is 1. The number of nitrogens with zero attached hydrogens (tertiary/aromatic N) is 3. The molecule has 0 N–H and O–H groups in total. The van der Waals surface area contributed by atoms with E-state index in [2.05, 4.69) is 21.4 Å². The van der Waals surface area contributed by atoms with Gasteiger partial charge in [-0.15, -0.1) is 0 Å². The molecule has 1 aliphatic heterocycles. The van der Waals surface area contributed by atoms with Gasteiger partial charge in [-0.3, -0.25) is 0 Å². The van der Waals surface area contributed by atoms with Crippen LogP contribution in [0, 0.1) is 11.3 Å². The molecule has 2 heterocycles. The molecule has 1 aromatic carbocycles. The molecule has 0 fully saturated rings. The van der Waals surface area contributed by atoms with Crippen molar-refractivity contribution in [2.75, 3.05) is 0 Å². The van der Waals surface area contributed by atoms with Crippen molar-refractivity contribution in [3.63, 3.8) is 0 Å². The maximum atomic E-state index is 8.87. The molecule has 3 nitrogen and oxygen atoms in total. The molecule has 0 saturated heterocycles. The Labute approximate surface area is 123 Å². The Bertz CT molecular complexity index is 623. The summed E-state index contributed by atoms with van der Waals surface area (Å²) < 4.78 is 4.36. The van der Waals surface area contributed by atoms with E-state index in [-0.39, 0.29) is 12.4 Å². The molecule has 0 amide bonds. The minimum atomic E-state index is 0. The van der Waals surface area contributed by atoms with E-state index in [1.165, 1.54) is 11.5 Å². The predicted octanol–water partition coefficient (Wildman–Crippen LogP) is -0.430. The number of imidazole rings is 1. The van der Waals surface area contributed by atoms with Crippen molar-refractivity contribution >= 4 is 11.6 Å². The summed E-state index contributed by atoms with van der Waals surface area (Å²) in [6.07, 6.45) is 4.28. The lowest BCUT2D eigenvalue weighted by molar-refractivity contribution is -0.691. The number of aromatic nitrogens is 2. The third kappa shape index (κ3) is 2.47. The van der Waals surface area contributed by atoms with Gasteiger partial charge in [-0.25, -0.2) is 9.13 Å². The van der Waals surface area contributed by atoms with E-state index in [4.69, 9.17) is 16.9 Å². The summed E-state index contributed by atoms with van der Waals surface area (Å²) in [5, 5.41) is 9.62. The first-order chi connectivity index (χ1) is 8.79. The van der Waals surface area contributed by atoms with Crippen LogP contribution >= 0.6 is 11.6 Å². The summed E-state index contributed by atoms with van der Waals surface area (Å²) in [4.78, 5) is 0. The van der Waals surface area contributed by atoms with E-state index < -0.39 is 0 Å². The summed E-state index contributed by atoms with van der Waals surface area (Å²) in [6, 6.07) is 10.1. The van der Waals surface area contributed by atoms with Gasteiger partial charge in [-0.1, -0.05) is 11.6 Å². The van der Waals surface area contributed by atoms with Crippen LogP contribution in [0.5, 0.6) is 0 Å². The monoisotopic (exact) mass is 293 g/mol. The Morgan fingerprint density at radius 2 is 2.05 bits per heavy atom. The first-order valence-corrected chi connectivity index (χ1v) is 6.42. The van der Waals surface area contributed by atoms with Gasteiger partial charge in [-0.2, -0.15) is 5.26 Å². The molecule has 0 spiro atoms. The quantitative estimate of drug-likeness (QED) is 0.692. The number of hydrogen-bond donors (Lipinski definition) is 0. The van der Waals surface area contributed by atoms with Crippen molar-refractivity contribution in [1.82, 2.24) is 4.57 Å². The highest BCUT2D eigenvalue weighted by Crippen LogP contribution is 2.25. The van der Waals surface area contributed by atoms with Crippen LogP contribution in [0.4, 0.5) is 0 Å². The number of benzene rings is 1. The minimum absolute atomic E-state index is 0. The lowest BCUT2D eigenvalue weighted by atomic mass is 10.2. The molecule has 0 unspecified atom stereocenters. The van der Waals surface area contributed by atoms with Crippen LogP contribution in [0.3, 0.4) is 0 Å². The van der Waals surface area contributed by atoms with Crippen molar-refractivity contribution < 1.29 is 17.0 Å². The highest BCUT2D eigenvalue weighted by atomic mass is 35.5. The standard InChI is InChI=1S/C14H13ClN3.ClH/c15-12-5-3-11(4-6-12)13-10-17(9-7-16)14-2-1-8-18(13)14;/h3-6,10H,1-2,8-9H2;1H/q+1;/p-1. The zero-order valence-corrected chi connectivity index (χ0v) is 11.8.